The van der Waals surface area contributed by atoms with Gasteiger partial charge in [-0.05, 0) is 35.2 Å². The molecule has 1 aromatic carbocycles. The minimum Gasteiger partial charge on any atom is -0.481 e. The van der Waals surface area contributed by atoms with Crippen molar-refractivity contribution in [3.63, 3.8) is 0 Å². The molecule has 6 nitrogen and oxygen atoms in total. The third-order valence-electron chi connectivity index (χ3n) is 3.97. The van der Waals surface area contributed by atoms with Crippen LogP contribution < -0.4 is 0 Å². The van der Waals surface area contributed by atoms with Gasteiger partial charge in [-0.15, -0.1) is 0 Å². The maximum atomic E-state index is 11.9. The Morgan fingerprint density at radius 3 is 2.67 bits per heavy atom. The average Bonchev–Trinajstić information content (AvgIpc) is 2.86. The fourth-order valence-electron chi connectivity index (χ4n) is 2.84. The number of nitrogens with zero attached hydrogens (tertiary/aromatic N) is 2. The van der Waals surface area contributed by atoms with Crippen molar-refractivity contribution in [1.29, 1.82) is 0 Å². The minimum atomic E-state index is -3.13. The molecule has 1 aliphatic heterocycles. The lowest BCUT2D eigenvalue weighted by Gasteiger charge is -2.15. The first kappa shape index (κ1) is 16.6. The lowest BCUT2D eigenvalue weighted by molar-refractivity contribution is -0.136. The normalized spacial score (nSPS) is 17.0. The van der Waals surface area contributed by atoms with E-state index in [9.17, 15) is 13.2 Å². The van der Waals surface area contributed by atoms with E-state index >= 15 is 0 Å². The molecule has 0 saturated carbocycles. The monoisotopic (exact) mass is 346 g/mol. The van der Waals surface area contributed by atoms with Gasteiger partial charge in [0.25, 0.3) is 0 Å². The molecule has 2 heterocycles. The van der Waals surface area contributed by atoms with Crippen LogP contribution in [0.3, 0.4) is 0 Å². The Morgan fingerprint density at radius 2 is 1.96 bits per heavy atom. The summed E-state index contributed by atoms with van der Waals surface area (Å²) in [6.45, 7) is 0.917. The number of aromatic nitrogens is 1. The highest BCUT2D eigenvalue weighted by Crippen LogP contribution is 2.23. The van der Waals surface area contributed by atoms with Crippen LogP contribution in [0.4, 0.5) is 0 Å². The third-order valence-corrected chi connectivity index (χ3v) is 5.88. The number of hydrogen-bond donors (Lipinski definition) is 1. The van der Waals surface area contributed by atoms with Crippen LogP contribution in [0.15, 0.2) is 42.7 Å². The van der Waals surface area contributed by atoms with E-state index in [0.29, 0.717) is 25.1 Å². The Labute approximate surface area is 140 Å². The van der Waals surface area contributed by atoms with Gasteiger partial charge in [-0.2, -0.15) is 4.31 Å². The molecule has 1 saturated heterocycles. The van der Waals surface area contributed by atoms with Crippen molar-refractivity contribution < 1.29 is 18.3 Å². The molecule has 0 atom stereocenters. The van der Waals surface area contributed by atoms with E-state index in [2.05, 4.69) is 4.98 Å². The van der Waals surface area contributed by atoms with Crippen LogP contribution in [0.25, 0.3) is 11.1 Å². The summed E-state index contributed by atoms with van der Waals surface area (Å²) >= 11 is 0. The molecule has 1 aromatic heterocycles. The number of carboxylic acids is 1. The number of sulfonamides is 1. The lowest BCUT2D eigenvalue weighted by atomic mass is 10.0. The van der Waals surface area contributed by atoms with Gasteiger partial charge in [0.15, 0.2) is 0 Å². The second-order valence-corrected chi connectivity index (χ2v) is 7.94. The van der Waals surface area contributed by atoms with Gasteiger partial charge in [0.1, 0.15) is 0 Å². The van der Waals surface area contributed by atoms with Crippen molar-refractivity contribution in [2.24, 2.45) is 0 Å². The van der Waals surface area contributed by atoms with Gasteiger partial charge < -0.3 is 5.11 Å². The van der Waals surface area contributed by atoms with Crippen molar-refractivity contribution in [3.05, 3.63) is 53.9 Å². The fourth-order valence-corrected chi connectivity index (χ4v) is 4.34. The van der Waals surface area contributed by atoms with Crippen LogP contribution >= 0.6 is 0 Å². The SMILES string of the molecule is O=C(O)Cc1cncc(-c2cccc(CN3CCCS3(=O)=O)c2)c1. The smallest absolute Gasteiger partial charge is 0.307 e. The third kappa shape index (κ3) is 3.80. The number of carbonyl (C=O) groups is 1. The van der Waals surface area contributed by atoms with E-state index in [1.165, 1.54) is 10.5 Å². The summed E-state index contributed by atoms with van der Waals surface area (Å²) < 4.78 is 25.4. The Balaban J connectivity index is 1.84. The summed E-state index contributed by atoms with van der Waals surface area (Å²) in [5.74, 6) is -0.685. The molecule has 0 bridgehead atoms. The molecular weight excluding hydrogens is 328 g/mol. The van der Waals surface area contributed by atoms with Gasteiger partial charge in [-0.25, -0.2) is 8.42 Å². The first-order valence-electron chi connectivity index (χ1n) is 7.67. The molecule has 0 spiro atoms. The quantitative estimate of drug-likeness (QED) is 0.893. The topological polar surface area (TPSA) is 87.6 Å². The minimum absolute atomic E-state index is 0.0768. The predicted octanol–water partition coefficient (Wildman–Crippen LogP) is 1.91. The fraction of sp³-hybridized carbons (Fsp3) is 0.294. The summed E-state index contributed by atoms with van der Waals surface area (Å²) in [6.07, 6.45) is 3.81. The number of aliphatic carboxylic acids is 1. The molecule has 126 valence electrons. The van der Waals surface area contributed by atoms with E-state index in [-0.39, 0.29) is 12.2 Å². The van der Waals surface area contributed by atoms with Gasteiger partial charge in [-0.3, -0.25) is 9.78 Å². The number of benzene rings is 1. The van der Waals surface area contributed by atoms with Crippen molar-refractivity contribution in [2.45, 2.75) is 19.4 Å². The van der Waals surface area contributed by atoms with Gasteiger partial charge >= 0.3 is 5.97 Å². The Hall–Kier alpha value is -2.25. The van der Waals surface area contributed by atoms with E-state index in [0.717, 1.165) is 16.7 Å². The molecule has 0 radical (unpaired) electrons. The van der Waals surface area contributed by atoms with Gasteiger partial charge in [0, 0.05) is 31.0 Å². The second-order valence-electron chi connectivity index (χ2n) is 5.86. The predicted molar refractivity (Wildman–Crippen MR) is 89.8 cm³/mol. The van der Waals surface area contributed by atoms with E-state index in [1.54, 1.807) is 12.3 Å². The molecule has 3 rings (SSSR count). The maximum absolute atomic E-state index is 11.9. The molecule has 1 fully saturated rings. The molecule has 0 unspecified atom stereocenters. The number of hydrogen-bond acceptors (Lipinski definition) is 4. The standard InChI is InChI=1S/C17H18N2O4S/c20-17(21)9-14-8-16(11-18-10-14)15-4-1-3-13(7-15)12-19-5-2-6-24(19,22)23/h1,3-4,7-8,10-11H,2,5-6,9,12H2,(H,20,21). The molecule has 2 aromatic rings. The molecule has 0 aliphatic carbocycles. The summed E-state index contributed by atoms with van der Waals surface area (Å²) in [6, 6.07) is 9.40. The maximum Gasteiger partial charge on any atom is 0.307 e. The number of pyridine rings is 1. The molecule has 0 amide bonds. The zero-order valence-electron chi connectivity index (χ0n) is 13.1. The Kier molecular flexibility index (Phi) is 4.64. The molecule has 1 aliphatic rings. The Bertz CT molecular complexity index is 864. The highest BCUT2D eigenvalue weighted by molar-refractivity contribution is 7.89. The van der Waals surface area contributed by atoms with Crippen LogP contribution in [0.5, 0.6) is 0 Å². The van der Waals surface area contributed by atoms with Crippen molar-refractivity contribution >= 4 is 16.0 Å². The second kappa shape index (κ2) is 6.70. The van der Waals surface area contributed by atoms with Crippen LogP contribution in [-0.2, 0) is 27.8 Å². The summed E-state index contributed by atoms with van der Waals surface area (Å²) in [5, 5.41) is 8.89. The number of carboxylic acid groups (broad SMARTS) is 1. The zero-order chi connectivity index (χ0) is 17.2. The lowest BCUT2D eigenvalue weighted by Crippen LogP contribution is -2.25. The van der Waals surface area contributed by atoms with E-state index in [4.69, 9.17) is 5.11 Å². The zero-order valence-corrected chi connectivity index (χ0v) is 13.9. The van der Waals surface area contributed by atoms with Gasteiger partial charge in [0.2, 0.25) is 10.0 Å². The molecule has 7 heteroatoms. The van der Waals surface area contributed by atoms with Crippen LogP contribution in [0.2, 0.25) is 0 Å². The first-order chi connectivity index (χ1) is 11.4. The molecular formula is C17H18N2O4S. The highest BCUT2D eigenvalue weighted by Gasteiger charge is 2.27. The van der Waals surface area contributed by atoms with Crippen LogP contribution in [0, 0.1) is 0 Å². The van der Waals surface area contributed by atoms with Crippen LogP contribution in [0.1, 0.15) is 17.5 Å². The summed E-state index contributed by atoms with van der Waals surface area (Å²) in [5.41, 5.74) is 3.25. The average molecular weight is 346 g/mol. The van der Waals surface area contributed by atoms with Crippen LogP contribution in [-0.4, -0.2) is 41.1 Å². The van der Waals surface area contributed by atoms with Crippen molar-refractivity contribution in [1.82, 2.24) is 9.29 Å². The first-order valence-corrected chi connectivity index (χ1v) is 9.28. The van der Waals surface area contributed by atoms with E-state index < -0.39 is 16.0 Å². The van der Waals surface area contributed by atoms with Gasteiger partial charge in [0.05, 0.1) is 12.2 Å². The summed E-state index contributed by atoms with van der Waals surface area (Å²) in [7, 11) is -3.13. The Morgan fingerprint density at radius 1 is 1.17 bits per heavy atom. The summed E-state index contributed by atoms with van der Waals surface area (Å²) in [4.78, 5) is 14.9. The molecule has 24 heavy (non-hydrogen) atoms. The van der Waals surface area contributed by atoms with Crippen molar-refractivity contribution in [2.75, 3.05) is 12.3 Å². The van der Waals surface area contributed by atoms with Gasteiger partial charge in [-0.1, -0.05) is 18.2 Å². The highest BCUT2D eigenvalue weighted by atomic mass is 32.2. The number of rotatable bonds is 5. The molecule has 1 N–H and O–H groups in total. The largest absolute Gasteiger partial charge is 0.481 e. The van der Waals surface area contributed by atoms with Crippen molar-refractivity contribution in [3.8, 4) is 11.1 Å². The van der Waals surface area contributed by atoms with E-state index in [1.807, 2.05) is 24.3 Å².